The predicted molar refractivity (Wildman–Crippen MR) is 119 cm³/mol. The van der Waals surface area contributed by atoms with Gasteiger partial charge in [-0.3, -0.25) is 14.5 Å². The summed E-state index contributed by atoms with van der Waals surface area (Å²) in [5.74, 6) is -0.268. The van der Waals surface area contributed by atoms with E-state index in [1.54, 1.807) is 12.1 Å². The second kappa shape index (κ2) is 11.0. The highest BCUT2D eigenvalue weighted by Gasteiger charge is 2.24. The summed E-state index contributed by atoms with van der Waals surface area (Å²) < 4.78 is 20.1. The molecule has 2 aliphatic heterocycles. The van der Waals surface area contributed by atoms with Crippen molar-refractivity contribution in [3.8, 4) is 5.75 Å². The van der Waals surface area contributed by atoms with Crippen molar-refractivity contribution in [3.63, 3.8) is 0 Å². The van der Waals surface area contributed by atoms with Crippen LogP contribution < -0.4 is 4.74 Å². The molecule has 1 aromatic rings. The number of hydrogen-bond acceptors (Lipinski definition) is 5. The molecule has 0 spiro atoms. The van der Waals surface area contributed by atoms with Gasteiger partial charge in [-0.1, -0.05) is 13.8 Å². The quantitative estimate of drug-likeness (QED) is 0.443. The predicted octanol–water partition coefficient (Wildman–Crippen LogP) is 3.06. The Hall–Kier alpha value is -1.99. The minimum Gasteiger partial charge on any atom is -0.490 e. The van der Waals surface area contributed by atoms with E-state index in [2.05, 4.69) is 11.8 Å². The van der Waals surface area contributed by atoms with Crippen LogP contribution in [0.25, 0.3) is 0 Å². The van der Waals surface area contributed by atoms with Crippen molar-refractivity contribution in [1.29, 1.82) is 0 Å². The molecule has 0 saturated carbocycles. The van der Waals surface area contributed by atoms with Crippen LogP contribution in [0, 0.1) is 11.7 Å². The lowest BCUT2D eigenvalue weighted by molar-refractivity contribution is -0.136. The van der Waals surface area contributed by atoms with E-state index in [0.29, 0.717) is 44.4 Å². The monoisotopic (exact) mass is 433 g/mol. The van der Waals surface area contributed by atoms with E-state index in [-0.39, 0.29) is 29.9 Å². The van der Waals surface area contributed by atoms with E-state index in [1.807, 2.05) is 23.6 Å². The van der Waals surface area contributed by atoms with Crippen LogP contribution in [-0.4, -0.2) is 84.9 Å². The van der Waals surface area contributed by atoms with Crippen LogP contribution in [0.2, 0.25) is 0 Å². The van der Waals surface area contributed by atoms with Gasteiger partial charge in [0.2, 0.25) is 5.91 Å². The zero-order valence-electron chi connectivity index (χ0n) is 19.1. The number of amides is 1. The van der Waals surface area contributed by atoms with E-state index in [1.165, 1.54) is 18.9 Å². The Labute approximate surface area is 185 Å². The van der Waals surface area contributed by atoms with Crippen molar-refractivity contribution in [2.45, 2.75) is 46.1 Å². The Bertz CT molecular complexity index is 762. The summed E-state index contributed by atoms with van der Waals surface area (Å²) in [6, 6.07) is 5.10. The Morgan fingerprint density at radius 2 is 1.90 bits per heavy atom. The zero-order valence-corrected chi connectivity index (χ0v) is 19.1. The van der Waals surface area contributed by atoms with Crippen molar-refractivity contribution in [1.82, 2.24) is 14.7 Å². The lowest BCUT2D eigenvalue weighted by Gasteiger charge is -2.35. The molecule has 2 heterocycles. The Balaban J connectivity index is 1.42. The maximum absolute atomic E-state index is 14.4. The minimum atomic E-state index is -0.493. The van der Waals surface area contributed by atoms with E-state index in [4.69, 9.17) is 4.74 Å². The first kappa shape index (κ1) is 23.7. The average Bonchev–Trinajstić information content (AvgIpc) is 3.16. The van der Waals surface area contributed by atoms with Crippen LogP contribution >= 0.6 is 0 Å². The van der Waals surface area contributed by atoms with Gasteiger partial charge < -0.3 is 14.5 Å². The Morgan fingerprint density at radius 3 is 2.52 bits per heavy atom. The largest absolute Gasteiger partial charge is 0.490 e. The molecule has 1 amide bonds. The molecule has 0 aromatic heterocycles. The number of carbonyl (C=O) groups is 2. The van der Waals surface area contributed by atoms with Gasteiger partial charge in [-0.05, 0) is 50.9 Å². The molecule has 31 heavy (non-hydrogen) atoms. The molecule has 3 rings (SSSR count). The highest BCUT2D eigenvalue weighted by Crippen LogP contribution is 2.20. The third kappa shape index (κ3) is 6.50. The highest BCUT2D eigenvalue weighted by atomic mass is 19.1. The van der Waals surface area contributed by atoms with Crippen molar-refractivity contribution < 1.29 is 18.7 Å². The Morgan fingerprint density at radius 1 is 1.16 bits per heavy atom. The maximum atomic E-state index is 14.4. The standard InChI is InChI=1S/C24H36FN3O3/c1-18(2)24(30)28-13-11-26(12-14-28)17-22(29)20-7-8-23(21(25)16-20)31-15-5-10-27-9-4-6-19(27)3/h7-8,16,18-19H,4-6,9-15,17H2,1-3H3/t19-/m1/s1. The van der Waals surface area contributed by atoms with Gasteiger partial charge in [0.15, 0.2) is 17.3 Å². The lowest BCUT2D eigenvalue weighted by atomic mass is 10.1. The first-order valence-corrected chi connectivity index (χ1v) is 11.6. The zero-order chi connectivity index (χ0) is 22.4. The molecule has 6 nitrogen and oxygen atoms in total. The second-order valence-electron chi connectivity index (χ2n) is 9.05. The normalized spacial score (nSPS) is 20.4. The minimum absolute atomic E-state index is 0.0133. The topological polar surface area (TPSA) is 53.1 Å². The Kier molecular flexibility index (Phi) is 8.43. The van der Waals surface area contributed by atoms with Crippen LogP contribution in [0.4, 0.5) is 4.39 Å². The third-order valence-electron chi connectivity index (χ3n) is 6.34. The van der Waals surface area contributed by atoms with Crippen LogP contribution in [-0.2, 0) is 4.79 Å². The van der Waals surface area contributed by atoms with Gasteiger partial charge in [0.25, 0.3) is 0 Å². The fourth-order valence-electron chi connectivity index (χ4n) is 4.35. The van der Waals surface area contributed by atoms with Crippen LogP contribution in [0.1, 0.15) is 50.4 Å². The number of nitrogens with zero attached hydrogens (tertiary/aromatic N) is 3. The van der Waals surface area contributed by atoms with E-state index >= 15 is 0 Å². The molecule has 2 fully saturated rings. The van der Waals surface area contributed by atoms with Crippen LogP contribution in [0.5, 0.6) is 5.75 Å². The first-order valence-electron chi connectivity index (χ1n) is 11.6. The third-order valence-corrected chi connectivity index (χ3v) is 6.34. The van der Waals surface area contributed by atoms with Gasteiger partial charge in [0.05, 0.1) is 13.2 Å². The first-order chi connectivity index (χ1) is 14.8. The second-order valence-corrected chi connectivity index (χ2v) is 9.05. The number of carbonyl (C=O) groups excluding carboxylic acids is 2. The number of likely N-dealkylation sites (tertiary alicyclic amines) is 1. The van der Waals surface area contributed by atoms with Gasteiger partial charge in [-0.25, -0.2) is 4.39 Å². The summed E-state index contributed by atoms with van der Waals surface area (Å²) in [6.07, 6.45) is 3.35. The van der Waals surface area contributed by atoms with Crippen molar-refractivity contribution in [3.05, 3.63) is 29.6 Å². The van der Waals surface area contributed by atoms with E-state index in [0.717, 1.165) is 19.5 Å². The number of piperazine rings is 1. The number of benzene rings is 1. The molecule has 0 radical (unpaired) electrons. The van der Waals surface area contributed by atoms with Gasteiger partial charge in [0, 0.05) is 50.2 Å². The molecule has 1 atom stereocenters. The summed E-state index contributed by atoms with van der Waals surface area (Å²) in [4.78, 5) is 31.0. The fraction of sp³-hybridized carbons (Fsp3) is 0.667. The van der Waals surface area contributed by atoms with Crippen LogP contribution in [0.3, 0.4) is 0 Å². The van der Waals surface area contributed by atoms with Gasteiger partial charge in [-0.15, -0.1) is 0 Å². The summed E-state index contributed by atoms with van der Waals surface area (Å²) >= 11 is 0. The number of halogens is 1. The van der Waals surface area contributed by atoms with E-state index < -0.39 is 5.82 Å². The van der Waals surface area contributed by atoms with Crippen molar-refractivity contribution >= 4 is 11.7 Å². The average molecular weight is 434 g/mol. The molecule has 172 valence electrons. The fourth-order valence-corrected chi connectivity index (χ4v) is 4.35. The molecule has 0 N–H and O–H groups in total. The molecule has 2 aliphatic rings. The molecule has 1 aromatic carbocycles. The number of ketones is 1. The van der Waals surface area contributed by atoms with Crippen molar-refractivity contribution in [2.75, 3.05) is 52.4 Å². The molecule has 7 heteroatoms. The number of ether oxygens (including phenoxy) is 1. The number of rotatable bonds is 9. The summed E-state index contributed by atoms with van der Waals surface area (Å²) in [5, 5.41) is 0. The van der Waals surface area contributed by atoms with Gasteiger partial charge >= 0.3 is 0 Å². The smallest absolute Gasteiger partial charge is 0.225 e. The molecule has 2 saturated heterocycles. The molecular formula is C24H36FN3O3. The highest BCUT2D eigenvalue weighted by molar-refractivity contribution is 5.97. The summed E-state index contributed by atoms with van der Waals surface area (Å²) in [5.41, 5.74) is 0.358. The lowest BCUT2D eigenvalue weighted by Crippen LogP contribution is -2.50. The summed E-state index contributed by atoms with van der Waals surface area (Å²) in [6.45, 7) is 11.4. The van der Waals surface area contributed by atoms with Crippen LogP contribution in [0.15, 0.2) is 18.2 Å². The van der Waals surface area contributed by atoms with E-state index in [9.17, 15) is 14.0 Å². The molecule has 0 bridgehead atoms. The SMILES string of the molecule is CC(C)C(=O)N1CCN(CC(=O)c2ccc(OCCCN3CCC[C@H]3C)c(F)c2)CC1. The maximum Gasteiger partial charge on any atom is 0.225 e. The molecule has 0 aliphatic carbocycles. The molecular weight excluding hydrogens is 397 g/mol. The molecule has 0 unspecified atom stereocenters. The van der Waals surface area contributed by atoms with Gasteiger partial charge in [-0.2, -0.15) is 0 Å². The number of hydrogen-bond donors (Lipinski definition) is 0. The van der Waals surface area contributed by atoms with Gasteiger partial charge in [0.1, 0.15) is 0 Å². The summed E-state index contributed by atoms with van der Waals surface area (Å²) in [7, 11) is 0. The van der Waals surface area contributed by atoms with Crippen molar-refractivity contribution in [2.24, 2.45) is 5.92 Å². The number of Topliss-reactive ketones (excluding diaryl/α,β-unsaturated/α-hetero) is 1.